The van der Waals surface area contributed by atoms with Crippen LogP contribution in [-0.2, 0) is 33.7 Å². The zero-order chi connectivity index (χ0) is 22.5. The second kappa shape index (κ2) is 10.3. The molecule has 4 heterocycles. The number of pyridine rings is 1. The van der Waals surface area contributed by atoms with Crippen molar-refractivity contribution in [1.82, 2.24) is 9.47 Å². The predicted octanol–water partition coefficient (Wildman–Crippen LogP) is 2.27. The lowest BCUT2D eigenvalue weighted by Crippen LogP contribution is -2.35. The summed E-state index contributed by atoms with van der Waals surface area (Å²) < 4.78 is 18.2. The molecule has 2 aromatic rings. The zero-order valence-corrected chi connectivity index (χ0v) is 19.0. The molecule has 2 aliphatic rings. The van der Waals surface area contributed by atoms with Crippen LogP contribution in [0.2, 0.25) is 0 Å². The minimum absolute atomic E-state index is 0.00907. The van der Waals surface area contributed by atoms with Gasteiger partial charge < -0.3 is 23.7 Å². The average molecular weight is 461 g/mol. The molecule has 1 fully saturated rings. The molecular formula is C23H28N2O6S. The van der Waals surface area contributed by atoms with Gasteiger partial charge >= 0.3 is 5.97 Å². The highest BCUT2D eigenvalue weighted by Crippen LogP contribution is 2.25. The van der Waals surface area contributed by atoms with Gasteiger partial charge in [0.1, 0.15) is 17.9 Å². The van der Waals surface area contributed by atoms with Gasteiger partial charge in [-0.25, -0.2) is 4.79 Å². The number of carbonyl (C=O) groups excluding carboxylic acids is 2. The van der Waals surface area contributed by atoms with Crippen LogP contribution < -0.4 is 10.3 Å². The first-order valence-electron chi connectivity index (χ1n) is 10.9. The molecule has 32 heavy (non-hydrogen) atoms. The molecule has 1 amide bonds. The highest BCUT2D eigenvalue weighted by atomic mass is 32.1. The third-order valence-corrected chi connectivity index (χ3v) is 6.70. The van der Waals surface area contributed by atoms with E-state index in [9.17, 15) is 14.4 Å². The quantitative estimate of drug-likeness (QED) is 0.615. The second-order valence-electron chi connectivity index (χ2n) is 8.05. The van der Waals surface area contributed by atoms with E-state index in [-0.39, 0.29) is 35.5 Å². The Morgan fingerprint density at radius 2 is 2.12 bits per heavy atom. The number of fused-ring (bicyclic) bond motifs is 1. The summed E-state index contributed by atoms with van der Waals surface area (Å²) in [6.45, 7) is 2.12. The molecule has 0 spiro atoms. The number of thiophene rings is 1. The fourth-order valence-corrected chi connectivity index (χ4v) is 4.90. The van der Waals surface area contributed by atoms with Gasteiger partial charge in [-0.15, -0.1) is 0 Å². The number of hydrogen-bond acceptors (Lipinski definition) is 7. The molecule has 0 radical (unpaired) electrons. The lowest BCUT2D eigenvalue weighted by atomic mass is 10.1. The minimum Gasteiger partial charge on any atom is -0.490 e. The molecule has 4 rings (SSSR count). The first-order valence-corrected chi connectivity index (χ1v) is 11.9. The Balaban J connectivity index is 1.56. The Kier molecular flexibility index (Phi) is 7.26. The first-order chi connectivity index (χ1) is 15.6. The molecule has 2 aromatic heterocycles. The van der Waals surface area contributed by atoms with Crippen molar-refractivity contribution >= 4 is 23.2 Å². The lowest BCUT2D eigenvalue weighted by Gasteiger charge is -2.24. The molecule has 1 unspecified atom stereocenters. The van der Waals surface area contributed by atoms with Gasteiger partial charge in [0.25, 0.3) is 5.56 Å². The molecule has 0 aliphatic carbocycles. The van der Waals surface area contributed by atoms with E-state index in [0.717, 1.165) is 24.8 Å². The molecule has 1 saturated heterocycles. The van der Waals surface area contributed by atoms with Crippen molar-refractivity contribution < 1.29 is 23.8 Å². The van der Waals surface area contributed by atoms with Crippen LogP contribution in [0.25, 0.3) is 0 Å². The summed E-state index contributed by atoms with van der Waals surface area (Å²) >= 11 is 1.56. The zero-order valence-electron chi connectivity index (χ0n) is 18.2. The van der Waals surface area contributed by atoms with Crippen molar-refractivity contribution in [3.05, 3.63) is 50.1 Å². The van der Waals surface area contributed by atoms with E-state index in [4.69, 9.17) is 14.2 Å². The number of rotatable bonds is 6. The molecule has 1 atom stereocenters. The van der Waals surface area contributed by atoms with E-state index in [1.165, 1.54) is 13.2 Å². The van der Waals surface area contributed by atoms with E-state index in [1.807, 2.05) is 16.8 Å². The van der Waals surface area contributed by atoms with Gasteiger partial charge in [-0.1, -0.05) is 0 Å². The van der Waals surface area contributed by atoms with Crippen molar-refractivity contribution in [2.75, 3.05) is 33.4 Å². The minimum atomic E-state index is -0.550. The number of ether oxygens (including phenoxy) is 3. The van der Waals surface area contributed by atoms with Crippen LogP contribution >= 0.6 is 11.3 Å². The third-order valence-electron chi connectivity index (χ3n) is 5.97. The Bertz CT molecular complexity index is 1010. The van der Waals surface area contributed by atoms with Crippen LogP contribution in [0.5, 0.6) is 5.75 Å². The van der Waals surface area contributed by atoms with Crippen LogP contribution in [0, 0.1) is 0 Å². The standard InChI is InChI=1S/C23H28N2O6S/c1-29-23(28)22-18-5-7-24(20(26)12-16-6-11-32-15-16)8-9-25(18)21(27)13-19(22)31-14-17-4-2-3-10-30-17/h6,11,13,15,17H,2-5,7-10,12,14H2,1H3. The number of amides is 1. The second-order valence-corrected chi connectivity index (χ2v) is 8.83. The SMILES string of the molecule is COC(=O)c1c(OCC2CCCCO2)cc(=O)n2c1CCN(C(=O)Cc1ccsc1)CC2. The van der Waals surface area contributed by atoms with Crippen LogP contribution in [0.4, 0.5) is 0 Å². The van der Waals surface area contributed by atoms with Gasteiger partial charge in [-0.2, -0.15) is 11.3 Å². The summed E-state index contributed by atoms with van der Waals surface area (Å²) in [6.07, 6.45) is 3.63. The van der Waals surface area contributed by atoms with Gasteiger partial charge in [-0.3, -0.25) is 9.59 Å². The molecule has 0 N–H and O–H groups in total. The van der Waals surface area contributed by atoms with Gasteiger partial charge in [-0.05, 0) is 41.7 Å². The van der Waals surface area contributed by atoms with Crippen molar-refractivity contribution in [2.45, 2.75) is 44.8 Å². The maximum atomic E-state index is 12.9. The number of methoxy groups -OCH3 is 1. The van der Waals surface area contributed by atoms with Crippen molar-refractivity contribution in [2.24, 2.45) is 0 Å². The Morgan fingerprint density at radius 3 is 2.84 bits per heavy atom. The van der Waals surface area contributed by atoms with E-state index in [0.29, 0.717) is 44.8 Å². The molecule has 172 valence electrons. The number of esters is 1. The van der Waals surface area contributed by atoms with Crippen molar-refractivity contribution in [3.63, 3.8) is 0 Å². The predicted molar refractivity (Wildman–Crippen MR) is 119 cm³/mol. The maximum absolute atomic E-state index is 12.9. The van der Waals surface area contributed by atoms with Gasteiger partial charge in [0.05, 0.1) is 19.6 Å². The lowest BCUT2D eigenvalue weighted by molar-refractivity contribution is -0.130. The Labute approximate surface area is 190 Å². The maximum Gasteiger partial charge on any atom is 0.343 e. The average Bonchev–Trinajstić information content (AvgIpc) is 3.21. The van der Waals surface area contributed by atoms with Crippen LogP contribution in [0.3, 0.4) is 0 Å². The summed E-state index contributed by atoms with van der Waals surface area (Å²) in [6, 6.07) is 3.29. The number of aromatic nitrogens is 1. The molecular weight excluding hydrogens is 432 g/mol. The number of nitrogens with zero attached hydrogens (tertiary/aromatic N) is 2. The fourth-order valence-electron chi connectivity index (χ4n) is 4.24. The fraction of sp³-hybridized carbons (Fsp3) is 0.522. The normalized spacial score (nSPS) is 18.5. The summed E-state index contributed by atoms with van der Waals surface area (Å²) in [5.41, 5.74) is 1.54. The smallest absolute Gasteiger partial charge is 0.343 e. The molecule has 8 nitrogen and oxygen atoms in total. The van der Waals surface area contributed by atoms with Gasteiger partial charge in [0.15, 0.2) is 0 Å². The van der Waals surface area contributed by atoms with Gasteiger partial charge in [0, 0.05) is 44.4 Å². The molecule has 0 aromatic carbocycles. The van der Waals surface area contributed by atoms with Crippen molar-refractivity contribution in [1.29, 1.82) is 0 Å². The van der Waals surface area contributed by atoms with E-state index in [2.05, 4.69) is 0 Å². The van der Waals surface area contributed by atoms with E-state index < -0.39 is 5.97 Å². The summed E-state index contributed by atoms with van der Waals surface area (Å²) in [5.74, 6) is -0.318. The summed E-state index contributed by atoms with van der Waals surface area (Å²) in [5, 5.41) is 3.91. The topological polar surface area (TPSA) is 87.1 Å². The summed E-state index contributed by atoms with van der Waals surface area (Å²) in [7, 11) is 1.31. The summed E-state index contributed by atoms with van der Waals surface area (Å²) in [4.78, 5) is 40.1. The Morgan fingerprint density at radius 1 is 1.25 bits per heavy atom. The van der Waals surface area contributed by atoms with E-state index >= 15 is 0 Å². The molecule has 2 aliphatic heterocycles. The van der Waals surface area contributed by atoms with Crippen LogP contribution in [0.15, 0.2) is 27.7 Å². The monoisotopic (exact) mass is 460 g/mol. The Hall–Kier alpha value is -2.65. The van der Waals surface area contributed by atoms with Crippen LogP contribution in [-0.4, -0.2) is 60.9 Å². The number of hydrogen-bond donors (Lipinski definition) is 0. The third kappa shape index (κ3) is 5.05. The van der Waals surface area contributed by atoms with Crippen molar-refractivity contribution in [3.8, 4) is 5.75 Å². The molecule has 0 bridgehead atoms. The largest absolute Gasteiger partial charge is 0.490 e. The van der Waals surface area contributed by atoms with Gasteiger partial charge in [0.2, 0.25) is 5.91 Å². The van der Waals surface area contributed by atoms with E-state index in [1.54, 1.807) is 20.8 Å². The molecule has 0 saturated carbocycles. The highest BCUT2D eigenvalue weighted by molar-refractivity contribution is 7.08. The first kappa shape index (κ1) is 22.5. The highest BCUT2D eigenvalue weighted by Gasteiger charge is 2.28. The van der Waals surface area contributed by atoms with Crippen LogP contribution in [0.1, 0.15) is 40.9 Å². The number of carbonyl (C=O) groups is 2. The molecule has 9 heteroatoms.